The van der Waals surface area contributed by atoms with Gasteiger partial charge in [-0.3, -0.25) is 4.79 Å². The summed E-state index contributed by atoms with van der Waals surface area (Å²) in [6, 6.07) is 19.9. The first-order valence-corrected chi connectivity index (χ1v) is 8.08. The predicted octanol–water partition coefficient (Wildman–Crippen LogP) is 4.03. The van der Waals surface area contributed by atoms with Crippen LogP contribution in [0.5, 0.6) is 0 Å². The van der Waals surface area contributed by atoms with Crippen molar-refractivity contribution in [3.63, 3.8) is 0 Å². The second-order valence-electron chi connectivity index (χ2n) is 5.57. The lowest BCUT2D eigenvalue weighted by atomic mass is 10.2. The molecule has 2 N–H and O–H groups in total. The number of carbonyl (C=O) groups excluding carboxylic acids is 1. The predicted molar refractivity (Wildman–Crippen MR) is 101 cm³/mol. The molecule has 0 radical (unpaired) electrons. The summed E-state index contributed by atoms with van der Waals surface area (Å²) >= 11 is 0. The van der Waals surface area contributed by atoms with Gasteiger partial charge in [0.25, 0.3) is 5.91 Å². The zero-order chi connectivity index (χ0) is 17.5. The quantitative estimate of drug-likeness (QED) is 0.407. The number of hydrogen-bond donors (Lipinski definition) is 2. The maximum atomic E-state index is 12.2. The van der Waals surface area contributed by atoms with Gasteiger partial charge in [-0.05, 0) is 35.2 Å². The number of methoxy groups -OCH3 is 1. The number of ether oxygens (including phenoxy) is 1. The molecular formula is C21H20N2O2. The second kappa shape index (κ2) is 8.02. The molecule has 0 saturated heterocycles. The van der Waals surface area contributed by atoms with Crippen molar-refractivity contribution in [1.29, 1.82) is 0 Å². The topological polar surface area (TPSA) is 54.1 Å². The van der Waals surface area contributed by atoms with Crippen molar-refractivity contribution in [2.24, 2.45) is 0 Å². The van der Waals surface area contributed by atoms with E-state index in [2.05, 4.69) is 22.4 Å². The third-order valence-corrected chi connectivity index (χ3v) is 3.81. The van der Waals surface area contributed by atoms with Gasteiger partial charge < -0.3 is 15.0 Å². The third kappa shape index (κ3) is 4.38. The van der Waals surface area contributed by atoms with Gasteiger partial charge >= 0.3 is 0 Å². The summed E-state index contributed by atoms with van der Waals surface area (Å²) in [4.78, 5) is 15.5. The molecule has 4 heteroatoms. The van der Waals surface area contributed by atoms with E-state index in [1.165, 1.54) is 7.11 Å². The Bertz CT molecular complexity index is 875. The Morgan fingerprint density at radius 2 is 1.88 bits per heavy atom. The van der Waals surface area contributed by atoms with Crippen LogP contribution in [0.4, 0.5) is 0 Å². The molecule has 3 rings (SSSR count). The first-order valence-electron chi connectivity index (χ1n) is 8.08. The van der Waals surface area contributed by atoms with E-state index >= 15 is 0 Å². The van der Waals surface area contributed by atoms with E-state index in [0.717, 1.165) is 22.2 Å². The summed E-state index contributed by atoms with van der Waals surface area (Å²) in [5.74, 6) is 0.0240. The van der Waals surface area contributed by atoms with Gasteiger partial charge in [-0.15, -0.1) is 0 Å². The molecule has 126 valence electrons. The Labute approximate surface area is 146 Å². The van der Waals surface area contributed by atoms with Gasteiger partial charge in [0.15, 0.2) is 5.76 Å². The number of aromatic nitrogens is 1. The van der Waals surface area contributed by atoms with E-state index in [4.69, 9.17) is 4.74 Å². The summed E-state index contributed by atoms with van der Waals surface area (Å²) < 4.78 is 5.19. The fraction of sp³-hybridized carbons (Fsp3) is 0.0952. The standard InChI is InChI=1S/C21H20N2O2/c1-25-20(21(24)22-15-16-8-3-2-4-9-16)13-7-11-18-14-17-10-5-6-12-19(17)23-18/h2-14,23H,15H2,1H3,(H,22,24). The van der Waals surface area contributed by atoms with Crippen LogP contribution in [0.1, 0.15) is 11.3 Å². The molecule has 3 aromatic rings. The van der Waals surface area contributed by atoms with Gasteiger partial charge in [-0.25, -0.2) is 0 Å². The first-order chi connectivity index (χ1) is 12.3. The zero-order valence-electron chi connectivity index (χ0n) is 14.0. The van der Waals surface area contributed by atoms with Crippen molar-refractivity contribution in [3.05, 3.63) is 89.8 Å². The highest BCUT2D eigenvalue weighted by Crippen LogP contribution is 2.15. The highest BCUT2D eigenvalue weighted by atomic mass is 16.5. The lowest BCUT2D eigenvalue weighted by Crippen LogP contribution is -2.25. The first kappa shape index (κ1) is 16.6. The summed E-state index contributed by atoms with van der Waals surface area (Å²) in [5.41, 5.74) is 3.09. The van der Waals surface area contributed by atoms with Crippen molar-refractivity contribution in [1.82, 2.24) is 10.3 Å². The summed E-state index contributed by atoms with van der Waals surface area (Å²) in [6.07, 6.45) is 5.36. The van der Waals surface area contributed by atoms with Crippen molar-refractivity contribution in [3.8, 4) is 0 Å². The SMILES string of the molecule is COC(=CC=Cc1cc2ccccc2[nH]1)C(=O)NCc1ccccc1. The molecule has 0 spiro atoms. The Hall–Kier alpha value is -3.27. The average molecular weight is 332 g/mol. The molecule has 0 bridgehead atoms. The molecule has 0 aliphatic heterocycles. The maximum Gasteiger partial charge on any atom is 0.286 e. The Morgan fingerprint density at radius 1 is 1.12 bits per heavy atom. The minimum Gasteiger partial charge on any atom is -0.491 e. The van der Waals surface area contributed by atoms with Gasteiger partial charge in [0.1, 0.15) is 0 Å². The van der Waals surface area contributed by atoms with Crippen LogP contribution >= 0.6 is 0 Å². The van der Waals surface area contributed by atoms with Crippen LogP contribution in [0.15, 0.2) is 78.6 Å². The number of rotatable bonds is 6. The minimum absolute atomic E-state index is 0.243. The number of carbonyl (C=O) groups is 1. The molecule has 0 atom stereocenters. The molecule has 1 amide bonds. The fourth-order valence-electron chi connectivity index (χ4n) is 2.53. The molecule has 0 fully saturated rings. The Morgan fingerprint density at radius 3 is 2.64 bits per heavy atom. The van der Waals surface area contributed by atoms with Gasteiger partial charge in [0.05, 0.1) is 7.11 Å². The number of aromatic amines is 1. The van der Waals surface area contributed by atoms with Crippen LogP contribution < -0.4 is 5.32 Å². The minimum atomic E-state index is -0.243. The van der Waals surface area contributed by atoms with Crippen LogP contribution in [0.2, 0.25) is 0 Å². The largest absolute Gasteiger partial charge is 0.491 e. The fourth-order valence-corrected chi connectivity index (χ4v) is 2.53. The number of benzene rings is 2. The van der Waals surface area contributed by atoms with Crippen LogP contribution in [0.3, 0.4) is 0 Å². The number of para-hydroxylation sites is 1. The molecule has 0 unspecified atom stereocenters. The van der Waals surface area contributed by atoms with Gasteiger partial charge in [0.2, 0.25) is 0 Å². The molecule has 4 nitrogen and oxygen atoms in total. The van der Waals surface area contributed by atoms with Crippen molar-refractivity contribution in [2.75, 3.05) is 7.11 Å². The number of amides is 1. The lowest BCUT2D eigenvalue weighted by Gasteiger charge is -2.07. The molecule has 0 aliphatic carbocycles. The summed E-state index contributed by atoms with van der Waals surface area (Å²) in [6.45, 7) is 0.464. The third-order valence-electron chi connectivity index (χ3n) is 3.81. The summed E-state index contributed by atoms with van der Waals surface area (Å²) in [7, 11) is 1.49. The van der Waals surface area contributed by atoms with E-state index in [1.807, 2.05) is 54.6 Å². The summed E-state index contributed by atoms with van der Waals surface area (Å²) in [5, 5.41) is 4.00. The van der Waals surface area contributed by atoms with Gasteiger partial charge in [0, 0.05) is 17.8 Å². The number of hydrogen-bond acceptors (Lipinski definition) is 2. The van der Waals surface area contributed by atoms with Crippen LogP contribution in [-0.2, 0) is 16.1 Å². The van der Waals surface area contributed by atoms with E-state index in [0.29, 0.717) is 6.54 Å². The van der Waals surface area contributed by atoms with Crippen LogP contribution in [-0.4, -0.2) is 18.0 Å². The van der Waals surface area contributed by atoms with Crippen LogP contribution in [0, 0.1) is 0 Å². The highest BCUT2D eigenvalue weighted by Gasteiger charge is 2.08. The van der Waals surface area contributed by atoms with E-state index in [-0.39, 0.29) is 11.7 Å². The number of nitrogens with one attached hydrogen (secondary N) is 2. The number of allylic oxidation sites excluding steroid dienone is 2. The lowest BCUT2D eigenvalue weighted by molar-refractivity contribution is -0.120. The van der Waals surface area contributed by atoms with Crippen molar-refractivity contribution in [2.45, 2.75) is 6.54 Å². The molecule has 25 heavy (non-hydrogen) atoms. The van der Waals surface area contributed by atoms with E-state index in [9.17, 15) is 4.79 Å². The Balaban J connectivity index is 1.64. The molecule has 1 aromatic heterocycles. The average Bonchev–Trinajstić information content (AvgIpc) is 3.07. The highest BCUT2D eigenvalue weighted by molar-refractivity contribution is 5.91. The molecular weight excluding hydrogens is 312 g/mol. The maximum absolute atomic E-state index is 12.2. The molecule has 1 heterocycles. The molecule has 0 aliphatic rings. The smallest absolute Gasteiger partial charge is 0.286 e. The Kier molecular flexibility index (Phi) is 5.32. The zero-order valence-corrected chi connectivity index (χ0v) is 14.0. The van der Waals surface area contributed by atoms with Crippen molar-refractivity contribution >= 4 is 22.9 Å². The van der Waals surface area contributed by atoms with Crippen LogP contribution in [0.25, 0.3) is 17.0 Å². The second-order valence-corrected chi connectivity index (χ2v) is 5.57. The number of H-pyrrole nitrogens is 1. The number of fused-ring (bicyclic) bond motifs is 1. The molecule has 2 aromatic carbocycles. The van der Waals surface area contributed by atoms with Gasteiger partial charge in [-0.2, -0.15) is 0 Å². The van der Waals surface area contributed by atoms with E-state index < -0.39 is 0 Å². The van der Waals surface area contributed by atoms with Gasteiger partial charge in [-0.1, -0.05) is 54.6 Å². The van der Waals surface area contributed by atoms with Crippen molar-refractivity contribution < 1.29 is 9.53 Å². The molecule has 0 saturated carbocycles. The van der Waals surface area contributed by atoms with E-state index in [1.54, 1.807) is 12.2 Å². The monoisotopic (exact) mass is 332 g/mol. The normalized spacial score (nSPS) is 11.8.